The normalized spacial score (nSPS) is 9.92. The van der Waals surface area contributed by atoms with E-state index in [1.165, 1.54) is 0 Å². The van der Waals surface area contributed by atoms with Gasteiger partial charge < -0.3 is 0 Å². The first-order valence-corrected chi connectivity index (χ1v) is 5.59. The number of rotatable bonds is 1. The molecule has 2 nitrogen and oxygen atoms in total. The van der Waals surface area contributed by atoms with E-state index in [2.05, 4.69) is 4.36 Å². The van der Waals surface area contributed by atoms with Crippen molar-refractivity contribution in [2.45, 2.75) is 0 Å². The van der Waals surface area contributed by atoms with Crippen molar-refractivity contribution in [3.05, 3.63) is 35.9 Å². The van der Waals surface area contributed by atoms with Crippen LogP contribution in [0.15, 0.2) is 34.7 Å². The van der Waals surface area contributed by atoms with E-state index >= 15 is 0 Å². The van der Waals surface area contributed by atoms with Crippen LogP contribution in [-0.2, 0) is 10.7 Å². The molecule has 3 heteroatoms. The Morgan fingerprint density at radius 2 is 1.83 bits per heavy atom. The van der Waals surface area contributed by atoms with Gasteiger partial charge in [-0.15, -0.1) is 0 Å². The van der Waals surface area contributed by atoms with Crippen LogP contribution in [-0.4, -0.2) is 18.4 Å². The van der Waals surface area contributed by atoms with Gasteiger partial charge in [0.2, 0.25) is 0 Å². The summed E-state index contributed by atoms with van der Waals surface area (Å²) in [6.45, 7) is 0. The van der Waals surface area contributed by atoms with Gasteiger partial charge in [-0.2, -0.15) is 4.36 Å². The standard InChI is InChI=1S/C9H11NOS/c1-12(2)10-9(11)8-6-4-3-5-7-8/h3-7H,1-2H3. The summed E-state index contributed by atoms with van der Waals surface area (Å²) in [7, 11) is -0.171. The molecule has 64 valence electrons. The lowest BCUT2D eigenvalue weighted by molar-refractivity contribution is 0.101. The fourth-order valence-electron chi connectivity index (χ4n) is 0.799. The molecule has 0 saturated heterocycles. The van der Waals surface area contributed by atoms with Crippen molar-refractivity contribution in [2.75, 3.05) is 12.5 Å². The van der Waals surface area contributed by atoms with E-state index in [9.17, 15) is 4.79 Å². The molecular weight excluding hydrogens is 170 g/mol. The summed E-state index contributed by atoms with van der Waals surface area (Å²) in [5.41, 5.74) is 0.665. The largest absolute Gasteiger partial charge is 0.282 e. The molecule has 0 aliphatic carbocycles. The quantitative estimate of drug-likeness (QED) is 0.650. The minimum atomic E-state index is -0.171. The molecule has 0 aliphatic rings. The number of carbonyl (C=O) groups excluding carboxylic acids is 1. The molecule has 1 aromatic carbocycles. The van der Waals surface area contributed by atoms with E-state index in [0.29, 0.717) is 5.56 Å². The highest BCUT2D eigenvalue weighted by Crippen LogP contribution is 2.00. The van der Waals surface area contributed by atoms with Gasteiger partial charge in [-0.25, -0.2) is 0 Å². The molecule has 0 bridgehead atoms. The highest BCUT2D eigenvalue weighted by Gasteiger charge is 2.00. The Morgan fingerprint density at radius 1 is 1.25 bits per heavy atom. The Bertz CT molecular complexity index is 302. The third-order valence-corrected chi connectivity index (χ3v) is 1.82. The molecular formula is C9H11NOS. The lowest BCUT2D eigenvalue weighted by atomic mass is 10.2. The van der Waals surface area contributed by atoms with Crippen LogP contribution in [0.25, 0.3) is 0 Å². The van der Waals surface area contributed by atoms with Gasteiger partial charge in [0.1, 0.15) is 0 Å². The average Bonchev–Trinajstić information content (AvgIpc) is 2.05. The van der Waals surface area contributed by atoms with Crippen LogP contribution < -0.4 is 0 Å². The second-order valence-electron chi connectivity index (χ2n) is 2.54. The molecule has 0 saturated carbocycles. The molecule has 0 aliphatic heterocycles. The zero-order valence-corrected chi connectivity index (χ0v) is 7.97. The van der Waals surface area contributed by atoms with Crippen LogP contribution in [0, 0.1) is 0 Å². The van der Waals surface area contributed by atoms with Crippen molar-refractivity contribution in [3.8, 4) is 0 Å². The molecule has 0 fully saturated rings. The third kappa shape index (κ3) is 2.58. The Kier molecular flexibility index (Phi) is 3.17. The van der Waals surface area contributed by atoms with E-state index < -0.39 is 0 Å². The third-order valence-electron chi connectivity index (χ3n) is 1.29. The number of benzene rings is 1. The summed E-state index contributed by atoms with van der Waals surface area (Å²) in [5.74, 6) is -0.121. The van der Waals surface area contributed by atoms with Gasteiger partial charge in [0.15, 0.2) is 0 Å². The van der Waals surface area contributed by atoms with Gasteiger partial charge in [-0.05, 0) is 24.6 Å². The van der Waals surface area contributed by atoms with Crippen LogP contribution in [0.5, 0.6) is 0 Å². The van der Waals surface area contributed by atoms with E-state index in [0.717, 1.165) is 0 Å². The number of hydrogen-bond acceptors (Lipinski definition) is 1. The number of carbonyl (C=O) groups is 1. The Balaban J connectivity index is 2.87. The first-order valence-electron chi connectivity index (χ1n) is 3.59. The van der Waals surface area contributed by atoms with Crippen LogP contribution in [0.2, 0.25) is 0 Å². The summed E-state index contributed by atoms with van der Waals surface area (Å²) in [4.78, 5) is 11.3. The SMILES string of the molecule is CS(C)=NC(=O)c1ccccc1. The van der Waals surface area contributed by atoms with Gasteiger partial charge in [0.25, 0.3) is 5.91 Å². The summed E-state index contributed by atoms with van der Waals surface area (Å²) < 4.78 is 3.94. The van der Waals surface area contributed by atoms with Gasteiger partial charge in [0, 0.05) is 5.56 Å². The van der Waals surface area contributed by atoms with E-state index in [4.69, 9.17) is 0 Å². The zero-order valence-electron chi connectivity index (χ0n) is 7.15. The van der Waals surface area contributed by atoms with Gasteiger partial charge in [-0.1, -0.05) is 28.9 Å². The van der Waals surface area contributed by atoms with Crippen LogP contribution in [0.4, 0.5) is 0 Å². The van der Waals surface area contributed by atoms with Crippen molar-refractivity contribution < 1.29 is 4.79 Å². The monoisotopic (exact) mass is 181 g/mol. The lowest BCUT2D eigenvalue weighted by Crippen LogP contribution is -1.95. The highest BCUT2D eigenvalue weighted by atomic mass is 32.2. The van der Waals surface area contributed by atoms with Crippen molar-refractivity contribution in [1.82, 2.24) is 0 Å². The van der Waals surface area contributed by atoms with E-state index in [-0.39, 0.29) is 16.6 Å². The van der Waals surface area contributed by atoms with Crippen LogP contribution >= 0.6 is 0 Å². The predicted molar refractivity (Wildman–Crippen MR) is 52.4 cm³/mol. The predicted octanol–water partition coefficient (Wildman–Crippen LogP) is 1.89. The van der Waals surface area contributed by atoms with Crippen molar-refractivity contribution in [2.24, 2.45) is 4.36 Å². The fourth-order valence-corrected chi connectivity index (χ4v) is 1.24. The van der Waals surface area contributed by atoms with Crippen molar-refractivity contribution in [1.29, 1.82) is 0 Å². The Morgan fingerprint density at radius 3 is 2.33 bits per heavy atom. The minimum absolute atomic E-state index is 0.121. The second kappa shape index (κ2) is 4.16. The molecule has 0 atom stereocenters. The van der Waals surface area contributed by atoms with Gasteiger partial charge in [-0.3, -0.25) is 4.79 Å². The molecule has 0 radical (unpaired) electrons. The molecule has 1 aromatic rings. The maximum absolute atomic E-state index is 11.3. The highest BCUT2D eigenvalue weighted by molar-refractivity contribution is 7.86. The molecule has 1 amide bonds. The van der Waals surface area contributed by atoms with Crippen LogP contribution in [0.3, 0.4) is 0 Å². The van der Waals surface area contributed by atoms with E-state index in [1.807, 2.05) is 30.7 Å². The topological polar surface area (TPSA) is 29.4 Å². The summed E-state index contributed by atoms with van der Waals surface area (Å²) in [6, 6.07) is 9.12. The van der Waals surface area contributed by atoms with Gasteiger partial charge >= 0.3 is 0 Å². The molecule has 12 heavy (non-hydrogen) atoms. The lowest BCUT2D eigenvalue weighted by Gasteiger charge is -1.94. The summed E-state index contributed by atoms with van der Waals surface area (Å²) in [6.07, 6.45) is 3.84. The Hall–Kier alpha value is -0.960. The Labute approximate surface area is 74.7 Å². The molecule has 0 N–H and O–H groups in total. The van der Waals surface area contributed by atoms with Crippen LogP contribution in [0.1, 0.15) is 10.4 Å². The number of nitrogens with zero attached hydrogens (tertiary/aromatic N) is 1. The van der Waals surface area contributed by atoms with E-state index in [1.54, 1.807) is 12.1 Å². The zero-order chi connectivity index (χ0) is 8.97. The number of amides is 1. The maximum Gasteiger partial charge on any atom is 0.282 e. The van der Waals surface area contributed by atoms with Crippen molar-refractivity contribution in [3.63, 3.8) is 0 Å². The summed E-state index contributed by atoms with van der Waals surface area (Å²) >= 11 is 0. The molecule has 0 aromatic heterocycles. The van der Waals surface area contributed by atoms with Crippen molar-refractivity contribution >= 4 is 16.6 Å². The minimum Gasteiger partial charge on any atom is -0.266 e. The average molecular weight is 181 g/mol. The molecule has 0 heterocycles. The fraction of sp³-hybridized carbons (Fsp3) is 0.222. The first-order chi connectivity index (χ1) is 5.70. The smallest absolute Gasteiger partial charge is 0.266 e. The molecule has 0 spiro atoms. The molecule has 0 unspecified atom stereocenters. The molecule has 1 rings (SSSR count). The number of hydrogen-bond donors (Lipinski definition) is 0. The maximum atomic E-state index is 11.3. The summed E-state index contributed by atoms with van der Waals surface area (Å²) in [5, 5.41) is 0. The second-order valence-corrected chi connectivity index (χ2v) is 4.27. The van der Waals surface area contributed by atoms with Gasteiger partial charge in [0.05, 0.1) is 0 Å². The first kappa shape index (κ1) is 9.13.